The van der Waals surface area contributed by atoms with Gasteiger partial charge in [0.05, 0.1) is 0 Å². The molecule has 2 aromatic heterocycles. The molecule has 0 bridgehead atoms. The molecule has 310 valence electrons. The summed E-state index contributed by atoms with van der Waals surface area (Å²) in [5.74, 6) is 2.74. The molecule has 8 nitrogen and oxygen atoms in total. The fourth-order valence-electron chi connectivity index (χ4n) is 11.9. The average molecular weight is 787 g/mol. The lowest BCUT2D eigenvalue weighted by Crippen LogP contribution is -2.49. The van der Waals surface area contributed by atoms with Gasteiger partial charge in [0.15, 0.2) is 0 Å². The van der Waals surface area contributed by atoms with E-state index in [1.165, 1.54) is 64.2 Å². The number of aryl methyl sites for hydroxylation is 2. The van der Waals surface area contributed by atoms with Crippen LogP contribution in [0.5, 0.6) is 0 Å². The SMILES string of the molecule is CCC(CO)CC(=O)[C@@H]1C=C2c3cccc4c3c(c(C3CC3)n4C)CC2N(C)C1.CCC(CO)CC(=O)[C@@H]1C[C@@H]2c3cccc4c3c(c(C3CC3)n4C)C[C@H]2N(C)C1. The molecule has 8 heteroatoms. The number of rotatable bonds is 12. The van der Waals surface area contributed by atoms with E-state index in [4.69, 9.17) is 0 Å². The van der Waals surface area contributed by atoms with Gasteiger partial charge in [-0.1, -0.05) is 57.0 Å². The molecule has 2 aromatic carbocycles. The Bertz CT molecular complexity index is 2250. The van der Waals surface area contributed by atoms with Gasteiger partial charge >= 0.3 is 0 Å². The molecular weight excluding hydrogens is 721 g/mol. The number of piperidine rings is 1. The number of aliphatic hydroxyl groups excluding tert-OH is 2. The highest BCUT2D eigenvalue weighted by atomic mass is 16.3. The Balaban J connectivity index is 0.000000150. The Morgan fingerprint density at radius 3 is 1.91 bits per heavy atom. The van der Waals surface area contributed by atoms with Crippen LogP contribution in [-0.4, -0.2) is 93.2 Å². The van der Waals surface area contributed by atoms with Gasteiger partial charge in [0.25, 0.3) is 0 Å². The van der Waals surface area contributed by atoms with Gasteiger partial charge in [0.2, 0.25) is 0 Å². The number of likely N-dealkylation sites (N-methyl/N-ethyl adjacent to an activating group) is 2. The smallest absolute Gasteiger partial charge is 0.141 e. The van der Waals surface area contributed by atoms with E-state index in [9.17, 15) is 19.8 Å². The lowest BCUT2D eigenvalue weighted by atomic mass is 9.70. The summed E-state index contributed by atoms with van der Waals surface area (Å²) in [6, 6.07) is 14.3. The molecule has 3 fully saturated rings. The van der Waals surface area contributed by atoms with Gasteiger partial charge in [-0.2, -0.15) is 0 Å². The predicted octanol–water partition coefficient (Wildman–Crippen LogP) is 7.90. The number of carbonyl (C=O) groups is 2. The molecule has 0 radical (unpaired) electrons. The van der Waals surface area contributed by atoms with Gasteiger partial charge in [0, 0.05) is 116 Å². The number of hydrogen-bond acceptors (Lipinski definition) is 6. The average Bonchev–Trinajstić information content (AvgIpc) is 4.19. The molecule has 2 aliphatic heterocycles. The summed E-state index contributed by atoms with van der Waals surface area (Å²) in [5, 5.41) is 22.0. The first kappa shape index (κ1) is 39.9. The number of benzene rings is 2. The van der Waals surface area contributed by atoms with Crippen molar-refractivity contribution in [3.05, 3.63) is 76.1 Å². The Morgan fingerprint density at radius 1 is 0.724 bits per heavy atom. The minimum Gasteiger partial charge on any atom is -0.396 e. The number of ketones is 2. The first-order valence-corrected chi connectivity index (χ1v) is 22.7. The van der Waals surface area contributed by atoms with Crippen molar-refractivity contribution in [1.82, 2.24) is 18.9 Å². The molecule has 4 aliphatic carbocycles. The van der Waals surface area contributed by atoms with E-state index < -0.39 is 0 Å². The molecule has 4 aromatic rings. The molecule has 0 amide bonds. The minimum atomic E-state index is -0.0738. The third-order valence-corrected chi connectivity index (χ3v) is 15.6. The molecule has 2 saturated carbocycles. The van der Waals surface area contributed by atoms with Crippen molar-refractivity contribution in [1.29, 1.82) is 0 Å². The molecule has 3 unspecified atom stereocenters. The van der Waals surface area contributed by atoms with Crippen LogP contribution in [0, 0.1) is 23.7 Å². The number of Topliss-reactive ketones (excluding diaryl/α,β-unsaturated/α-hetero) is 2. The zero-order valence-electron chi connectivity index (χ0n) is 35.8. The Hall–Kier alpha value is -3.56. The second-order valence-corrected chi connectivity index (χ2v) is 19.2. The molecule has 1 saturated heterocycles. The number of nitrogens with zero attached hydrogens (tertiary/aromatic N) is 4. The zero-order valence-corrected chi connectivity index (χ0v) is 35.8. The lowest BCUT2D eigenvalue weighted by Gasteiger charge is -2.45. The number of fused-ring (bicyclic) bond motifs is 4. The fraction of sp³-hybridized carbons (Fsp3) is 0.600. The van der Waals surface area contributed by atoms with Crippen LogP contribution in [0.1, 0.15) is 123 Å². The van der Waals surface area contributed by atoms with Crippen LogP contribution in [0.3, 0.4) is 0 Å². The maximum Gasteiger partial charge on any atom is 0.141 e. The summed E-state index contributed by atoms with van der Waals surface area (Å²) >= 11 is 0. The second kappa shape index (κ2) is 15.8. The van der Waals surface area contributed by atoms with Crippen LogP contribution in [0.4, 0.5) is 0 Å². The summed E-state index contributed by atoms with van der Waals surface area (Å²) in [4.78, 5) is 30.9. The summed E-state index contributed by atoms with van der Waals surface area (Å²) < 4.78 is 4.89. The molecule has 58 heavy (non-hydrogen) atoms. The van der Waals surface area contributed by atoms with Gasteiger partial charge in [-0.25, -0.2) is 0 Å². The maximum atomic E-state index is 13.0. The van der Waals surface area contributed by atoms with Gasteiger partial charge < -0.3 is 24.2 Å². The monoisotopic (exact) mass is 787 g/mol. The standard InChI is InChI=1S/C25H34N2O2.C25H32N2O2/c2*1-4-15(14-28)10-23(29)17-11-19-18-6-5-7-21-24(18)20(12-22(19)26(2)13-17)25(27(21)3)16-8-9-16/h5-7,15-17,19,22,28H,4,8-14H2,1-3H3;5-7,11,15-17,22,28H,4,8-10,12-14H2,1-3H3/t15?,17-,19-,22-;15?,17-,22?/m11/s1. The molecule has 4 heterocycles. The van der Waals surface area contributed by atoms with E-state index >= 15 is 0 Å². The van der Waals surface area contributed by atoms with Crippen LogP contribution in [-0.2, 0) is 36.5 Å². The van der Waals surface area contributed by atoms with Crippen molar-refractivity contribution in [3.8, 4) is 0 Å². The lowest BCUT2D eigenvalue weighted by molar-refractivity contribution is -0.126. The summed E-state index contributed by atoms with van der Waals surface area (Å²) in [6.45, 7) is 5.97. The van der Waals surface area contributed by atoms with E-state index in [-0.39, 0.29) is 42.7 Å². The van der Waals surface area contributed by atoms with E-state index in [0.717, 1.165) is 57.0 Å². The van der Waals surface area contributed by atoms with E-state index in [2.05, 4.69) is 96.5 Å². The number of aromatic nitrogens is 2. The molecule has 2 N–H and O–H groups in total. The highest BCUT2D eigenvalue weighted by Gasteiger charge is 2.44. The first-order chi connectivity index (χ1) is 28.1. The minimum absolute atomic E-state index is 0.0738. The normalized spacial score (nSPS) is 26.4. The van der Waals surface area contributed by atoms with Crippen LogP contribution in [0.2, 0.25) is 0 Å². The first-order valence-electron chi connectivity index (χ1n) is 22.7. The van der Waals surface area contributed by atoms with Crippen molar-refractivity contribution in [3.63, 3.8) is 0 Å². The van der Waals surface area contributed by atoms with Crippen molar-refractivity contribution < 1.29 is 19.8 Å². The largest absolute Gasteiger partial charge is 0.396 e. The van der Waals surface area contributed by atoms with Crippen molar-refractivity contribution in [2.24, 2.45) is 37.8 Å². The third kappa shape index (κ3) is 6.84. The second-order valence-electron chi connectivity index (χ2n) is 19.2. The van der Waals surface area contributed by atoms with Gasteiger partial charge in [-0.3, -0.25) is 14.5 Å². The van der Waals surface area contributed by atoms with Gasteiger partial charge in [-0.15, -0.1) is 0 Å². The highest BCUT2D eigenvalue weighted by molar-refractivity contribution is 6.01. The number of hydrogen-bond donors (Lipinski definition) is 2. The Labute approximate surface area is 345 Å². The molecule has 7 atom stereocenters. The fourth-order valence-corrected chi connectivity index (χ4v) is 11.9. The third-order valence-electron chi connectivity index (χ3n) is 15.6. The molecular formula is C50H66N4O4. The predicted molar refractivity (Wildman–Crippen MR) is 233 cm³/mol. The topological polar surface area (TPSA) is 90.9 Å². The molecule has 6 aliphatic rings. The van der Waals surface area contributed by atoms with Crippen molar-refractivity contribution in [2.45, 2.75) is 114 Å². The Kier molecular flexibility index (Phi) is 10.9. The number of likely N-dealkylation sites (tertiary alicyclic amines) is 1. The van der Waals surface area contributed by atoms with Crippen LogP contribution >= 0.6 is 0 Å². The summed E-state index contributed by atoms with van der Waals surface area (Å²) in [6.07, 6.45) is 13.4. The Morgan fingerprint density at radius 2 is 1.31 bits per heavy atom. The van der Waals surface area contributed by atoms with Crippen LogP contribution < -0.4 is 0 Å². The van der Waals surface area contributed by atoms with Crippen molar-refractivity contribution >= 4 is 38.9 Å². The van der Waals surface area contributed by atoms with Crippen molar-refractivity contribution in [2.75, 3.05) is 40.4 Å². The number of carbonyl (C=O) groups excluding carboxylic acids is 2. The van der Waals surface area contributed by atoms with E-state index in [1.54, 1.807) is 22.5 Å². The summed E-state index contributed by atoms with van der Waals surface area (Å²) in [5.41, 5.74) is 13.1. The van der Waals surface area contributed by atoms with Gasteiger partial charge in [-0.05, 0) is 123 Å². The van der Waals surface area contributed by atoms with Gasteiger partial charge in [0.1, 0.15) is 11.6 Å². The zero-order chi connectivity index (χ0) is 40.6. The molecule has 10 rings (SSSR count). The highest BCUT2D eigenvalue weighted by Crippen LogP contribution is 2.52. The van der Waals surface area contributed by atoms with Crippen LogP contribution in [0.25, 0.3) is 27.4 Å². The summed E-state index contributed by atoms with van der Waals surface area (Å²) in [7, 11) is 8.86. The van der Waals surface area contributed by atoms with Crippen LogP contribution in [0.15, 0.2) is 42.5 Å². The maximum absolute atomic E-state index is 13.0. The molecule has 0 spiro atoms. The quantitative estimate of drug-likeness (QED) is 0.152. The van der Waals surface area contributed by atoms with E-state index in [0.29, 0.717) is 36.6 Å². The number of aliphatic hydroxyl groups is 2. The van der Waals surface area contributed by atoms with E-state index in [1.807, 2.05) is 6.92 Å².